The molecule has 5 nitrogen and oxygen atoms in total. The average molecular weight is 407 g/mol. The maximum atomic E-state index is 12.5. The van der Waals surface area contributed by atoms with Crippen LogP contribution < -0.4 is 5.32 Å². The Balaban J connectivity index is 1.34. The quantitative estimate of drug-likeness (QED) is 0.690. The monoisotopic (exact) mass is 406 g/mol. The number of amides is 1. The van der Waals surface area contributed by atoms with Crippen LogP contribution in [0.5, 0.6) is 0 Å². The molecule has 1 atom stereocenters. The van der Waals surface area contributed by atoms with Crippen molar-refractivity contribution in [2.45, 2.75) is 25.4 Å². The molecule has 1 aliphatic heterocycles. The number of nitrogens with one attached hydrogen (secondary N) is 1. The van der Waals surface area contributed by atoms with E-state index >= 15 is 0 Å². The maximum Gasteiger partial charge on any atom is 0.251 e. The molecule has 4 rings (SSSR count). The number of nitrogens with zero attached hydrogens (tertiary/aromatic N) is 3. The smallest absolute Gasteiger partial charge is 0.251 e. The second kappa shape index (κ2) is 9.16. The Morgan fingerprint density at radius 3 is 2.66 bits per heavy atom. The molecule has 0 bridgehead atoms. The van der Waals surface area contributed by atoms with Gasteiger partial charge in [-0.05, 0) is 48.7 Å². The lowest BCUT2D eigenvalue weighted by atomic mass is 10.0. The van der Waals surface area contributed by atoms with Crippen LogP contribution in [0.15, 0.2) is 67.3 Å². The molecule has 148 valence electrons. The number of hydrogen-bond donors (Lipinski definition) is 1. The van der Waals surface area contributed by atoms with Crippen molar-refractivity contribution in [2.24, 2.45) is 0 Å². The van der Waals surface area contributed by atoms with Crippen molar-refractivity contribution in [3.8, 4) is 11.1 Å². The predicted molar refractivity (Wildman–Crippen MR) is 115 cm³/mol. The highest BCUT2D eigenvalue weighted by Gasteiger charge is 2.22. The van der Waals surface area contributed by atoms with Gasteiger partial charge in [0.05, 0.1) is 0 Å². The summed E-state index contributed by atoms with van der Waals surface area (Å²) < 4.78 is 0. The number of carbonyl (C=O) groups is 1. The number of likely N-dealkylation sites (tertiary alicyclic amines) is 1. The molecule has 2 aromatic carbocycles. The highest BCUT2D eigenvalue weighted by atomic mass is 35.5. The number of hydrogen-bond acceptors (Lipinski definition) is 4. The van der Waals surface area contributed by atoms with Gasteiger partial charge < -0.3 is 5.32 Å². The van der Waals surface area contributed by atoms with Crippen LogP contribution in [0.4, 0.5) is 0 Å². The number of carbonyl (C=O) groups excluding carboxylic acids is 1. The van der Waals surface area contributed by atoms with Crippen LogP contribution in [-0.4, -0.2) is 39.9 Å². The van der Waals surface area contributed by atoms with Gasteiger partial charge in [0.15, 0.2) is 0 Å². The first-order valence-corrected chi connectivity index (χ1v) is 10.2. The molecule has 1 aromatic heterocycles. The third-order valence-corrected chi connectivity index (χ3v) is 5.42. The Hall–Kier alpha value is -2.76. The molecule has 0 saturated carbocycles. The van der Waals surface area contributed by atoms with E-state index < -0.39 is 0 Å². The van der Waals surface area contributed by atoms with Crippen LogP contribution in [-0.2, 0) is 6.54 Å². The van der Waals surface area contributed by atoms with Gasteiger partial charge >= 0.3 is 0 Å². The van der Waals surface area contributed by atoms with Crippen LogP contribution in [0.3, 0.4) is 0 Å². The molecule has 1 aliphatic rings. The van der Waals surface area contributed by atoms with E-state index in [2.05, 4.69) is 44.5 Å². The Morgan fingerprint density at radius 2 is 1.90 bits per heavy atom. The van der Waals surface area contributed by atoms with Gasteiger partial charge in [-0.15, -0.1) is 0 Å². The minimum absolute atomic E-state index is 0.0613. The first-order chi connectivity index (χ1) is 14.2. The Bertz CT molecular complexity index is 962. The van der Waals surface area contributed by atoms with E-state index in [4.69, 9.17) is 11.6 Å². The summed E-state index contributed by atoms with van der Waals surface area (Å²) in [4.78, 5) is 23.0. The zero-order chi connectivity index (χ0) is 20.1. The van der Waals surface area contributed by atoms with Crippen molar-refractivity contribution >= 4 is 17.5 Å². The standard InChI is InChI=1S/C23H23ClN4O/c24-21-4-1-3-19(11-21)23(29)27-22-5-2-10-28(15-22)14-17-6-8-18(9-7-17)20-12-25-16-26-13-20/h1,3-4,6-9,11-13,16,22H,2,5,10,14-15H2,(H,27,29). The first kappa shape index (κ1) is 19.6. The van der Waals surface area contributed by atoms with Gasteiger partial charge in [0, 0.05) is 47.7 Å². The van der Waals surface area contributed by atoms with Crippen LogP contribution >= 0.6 is 11.6 Å². The molecule has 1 amide bonds. The van der Waals surface area contributed by atoms with Crippen molar-refractivity contribution < 1.29 is 4.79 Å². The van der Waals surface area contributed by atoms with Gasteiger partial charge in [-0.2, -0.15) is 0 Å². The van der Waals surface area contributed by atoms with E-state index in [0.29, 0.717) is 10.6 Å². The van der Waals surface area contributed by atoms with E-state index in [-0.39, 0.29) is 11.9 Å². The van der Waals surface area contributed by atoms with E-state index in [9.17, 15) is 4.79 Å². The summed E-state index contributed by atoms with van der Waals surface area (Å²) in [5, 5.41) is 3.73. The number of benzene rings is 2. The zero-order valence-electron chi connectivity index (χ0n) is 16.1. The Kier molecular flexibility index (Phi) is 6.17. The van der Waals surface area contributed by atoms with Crippen LogP contribution in [0.2, 0.25) is 5.02 Å². The number of aromatic nitrogens is 2. The van der Waals surface area contributed by atoms with E-state index in [0.717, 1.165) is 43.6 Å². The van der Waals surface area contributed by atoms with Gasteiger partial charge in [-0.25, -0.2) is 9.97 Å². The third-order valence-electron chi connectivity index (χ3n) is 5.18. The molecular weight excluding hydrogens is 384 g/mol. The fourth-order valence-corrected chi connectivity index (χ4v) is 3.91. The maximum absolute atomic E-state index is 12.5. The molecule has 2 heterocycles. The lowest BCUT2D eigenvalue weighted by molar-refractivity contribution is 0.0901. The Morgan fingerprint density at radius 1 is 1.10 bits per heavy atom. The SMILES string of the molecule is O=C(NC1CCCN(Cc2ccc(-c3cncnc3)cc2)C1)c1cccc(Cl)c1. The molecule has 3 aromatic rings. The van der Waals surface area contributed by atoms with Crippen LogP contribution in [0.25, 0.3) is 11.1 Å². The summed E-state index contributed by atoms with van der Waals surface area (Å²) in [6.45, 7) is 2.76. The molecule has 1 N–H and O–H groups in total. The van der Waals surface area contributed by atoms with Gasteiger partial charge in [0.1, 0.15) is 6.33 Å². The molecule has 1 unspecified atom stereocenters. The summed E-state index contributed by atoms with van der Waals surface area (Å²) in [6, 6.07) is 15.7. The summed E-state index contributed by atoms with van der Waals surface area (Å²) in [6.07, 6.45) is 7.24. The lowest BCUT2D eigenvalue weighted by Crippen LogP contribution is -2.47. The van der Waals surface area contributed by atoms with Crippen molar-refractivity contribution in [2.75, 3.05) is 13.1 Å². The van der Waals surface area contributed by atoms with Crippen molar-refractivity contribution in [3.63, 3.8) is 0 Å². The fourth-order valence-electron chi connectivity index (χ4n) is 3.72. The van der Waals surface area contributed by atoms with Gasteiger partial charge in [-0.1, -0.05) is 41.9 Å². The number of rotatable bonds is 5. The van der Waals surface area contributed by atoms with E-state index in [1.54, 1.807) is 24.3 Å². The topological polar surface area (TPSA) is 58.1 Å². The van der Waals surface area contributed by atoms with Crippen molar-refractivity contribution in [3.05, 3.63) is 83.4 Å². The average Bonchev–Trinajstić information content (AvgIpc) is 2.75. The van der Waals surface area contributed by atoms with Gasteiger partial charge in [0.25, 0.3) is 5.91 Å². The highest BCUT2D eigenvalue weighted by molar-refractivity contribution is 6.30. The molecule has 29 heavy (non-hydrogen) atoms. The Labute approximate surface area is 175 Å². The van der Waals surface area contributed by atoms with Crippen molar-refractivity contribution in [1.29, 1.82) is 0 Å². The first-order valence-electron chi connectivity index (χ1n) is 9.80. The summed E-state index contributed by atoms with van der Waals surface area (Å²) in [7, 11) is 0. The largest absolute Gasteiger partial charge is 0.348 e. The number of piperidine rings is 1. The molecule has 0 aliphatic carbocycles. The zero-order valence-corrected chi connectivity index (χ0v) is 16.8. The lowest BCUT2D eigenvalue weighted by Gasteiger charge is -2.33. The minimum Gasteiger partial charge on any atom is -0.348 e. The molecule has 0 radical (unpaired) electrons. The second-order valence-corrected chi connectivity index (χ2v) is 7.82. The molecule has 6 heteroatoms. The summed E-state index contributed by atoms with van der Waals surface area (Å²) in [5.74, 6) is -0.0613. The second-order valence-electron chi connectivity index (χ2n) is 7.38. The highest BCUT2D eigenvalue weighted by Crippen LogP contribution is 2.20. The third kappa shape index (κ3) is 5.19. The van der Waals surface area contributed by atoms with Gasteiger partial charge in [0.2, 0.25) is 0 Å². The normalized spacial score (nSPS) is 17.1. The number of halogens is 1. The van der Waals surface area contributed by atoms with E-state index in [1.807, 2.05) is 12.4 Å². The molecular formula is C23H23ClN4O. The molecule has 1 saturated heterocycles. The predicted octanol–water partition coefficient (Wildman–Crippen LogP) is 4.19. The van der Waals surface area contributed by atoms with Gasteiger partial charge in [-0.3, -0.25) is 9.69 Å². The van der Waals surface area contributed by atoms with Crippen molar-refractivity contribution in [1.82, 2.24) is 20.2 Å². The minimum atomic E-state index is -0.0613. The summed E-state index contributed by atoms with van der Waals surface area (Å²) >= 11 is 6.00. The van der Waals surface area contributed by atoms with Crippen LogP contribution in [0, 0.1) is 0 Å². The molecule has 1 fully saturated rings. The van der Waals surface area contributed by atoms with E-state index in [1.165, 1.54) is 11.9 Å². The fraction of sp³-hybridized carbons (Fsp3) is 0.261. The van der Waals surface area contributed by atoms with Crippen LogP contribution in [0.1, 0.15) is 28.8 Å². The molecule has 0 spiro atoms. The summed E-state index contributed by atoms with van der Waals surface area (Å²) in [5.41, 5.74) is 3.99.